The van der Waals surface area contributed by atoms with Crippen LogP contribution in [0.4, 0.5) is 5.69 Å². The van der Waals surface area contributed by atoms with E-state index in [4.69, 9.17) is 4.42 Å². The number of halogens is 1. The fourth-order valence-electron chi connectivity index (χ4n) is 1.74. The summed E-state index contributed by atoms with van der Waals surface area (Å²) in [6.07, 6.45) is 0. The van der Waals surface area contributed by atoms with E-state index in [1.54, 1.807) is 6.07 Å². The van der Waals surface area contributed by atoms with E-state index in [1.807, 2.05) is 25.1 Å². The minimum atomic E-state index is -3.52. The van der Waals surface area contributed by atoms with Crippen molar-refractivity contribution in [3.8, 4) is 0 Å². The van der Waals surface area contributed by atoms with E-state index in [0.29, 0.717) is 12.3 Å². The fourth-order valence-corrected chi connectivity index (χ4v) is 2.95. The lowest BCUT2D eigenvalue weighted by atomic mass is 10.2. The molecule has 21 heavy (non-hydrogen) atoms. The maximum atomic E-state index is 11.9. The second kappa shape index (κ2) is 6.21. The normalized spacial score (nSPS) is 11.9. The van der Waals surface area contributed by atoms with E-state index >= 15 is 0 Å². The van der Waals surface area contributed by atoms with Gasteiger partial charge in [-0.3, -0.25) is 0 Å². The Morgan fingerprint density at radius 1 is 1.24 bits per heavy atom. The Kier molecular flexibility index (Phi) is 4.75. The number of hydrogen-bond acceptors (Lipinski definition) is 4. The monoisotopic (exact) mass is 372 g/mol. The lowest BCUT2D eigenvalue weighted by molar-refractivity contribution is 0.402. The second-order valence-electron chi connectivity index (χ2n) is 4.80. The van der Waals surface area contributed by atoms with Crippen LogP contribution in [0, 0.1) is 6.92 Å². The van der Waals surface area contributed by atoms with E-state index < -0.39 is 10.0 Å². The number of nitrogens with zero attached hydrogens (tertiary/aromatic N) is 1. The molecule has 2 rings (SSSR count). The molecule has 1 aromatic heterocycles. The number of sulfonamides is 1. The van der Waals surface area contributed by atoms with Gasteiger partial charge in [0.2, 0.25) is 5.09 Å². The molecule has 114 valence electrons. The molecule has 0 saturated carbocycles. The Morgan fingerprint density at radius 2 is 1.95 bits per heavy atom. The summed E-state index contributed by atoms with van der Waals surface area (Å²) in [4.78, 5) is 0. The molecule has 7 heteroatoms. The van der Waals surface area contributed by atoms with Gasteiger partial charge in [0.15, 0.2) is 0 Å². The van der Waals surface area contributed by atoms with Gasteiger partial charge in [-0.15, -0.1) is 0 Å². The summed E-state index contributed by atoms with van der Waals surface area (Å²) in [7, 11) is -0.581. The first-order valence-corrected chi connectivity index (χ1v) is 8.56. The number of aryl methyl sites for hydroxylation is 1. The Labute approximate surface area is 133 Å². The van der Waals surface area contributed by atoms with Crippen LogP contribution < -0.4 is 5.32 Å². The molecule has 2 aromatic rings. The zero-order valence-corrected chi connectivity index (χ0v) is 14.5. The van der Waals surface area contributed by atoms with E-state index in [9.17, 15) is 8.42 Å². The van der Waals surface area contributed by atoms with Crippen LogP contribution in [0.15, 0.2) is 44.3 Å². The predicted octanol–water partition coefficient (Wildman–Crippen LogP) is 3.21. The Bertz CT molecular complexity index is 738. The molecule has 0 aliphatic carbocycles. The van der Waals surface area contributed by atoms with E-state index in [-0.39, 0.29) is 5.09 Å². The van der Waals surface area contributed by atoms with Crippen molar-refractivity contribution in [2.24, 2.45) is 0 Å². The van der Waals surface area contributed by atoms with Crippen molar-refractivity contribution in [3.63, 3.8) is 0 Å². The Hall–Kier alpha value is -1.31. The first-order chi connectivity index (χ1) is 9.82. The van der Waals surface area contributed by atoms with Gasteiger partial charge in [0.25, 0.3) is 10.0 Å². The van der Waals surface area contributed by atoms with Crippen molar-refractivity contribution < 1.29 is 12.8 Å². The average molecular weight is 373 g/mol. The topological polar surface area (TPSA) is 62.6 Å². The number of rotatable bonds is 5. The lowest BCUT2D eigenvalue weighted by Gasteiger charge is -2.09. The Balaban J connectivity index is 2.12. The van der Waals surface area contributed by atoms with Crippen LogP contribution in [0.3, 0.4) is 0 Å². The summed E-state index contributed by atoms with van der Waals surface area (Å²) < 4.78 is 31.3. The molecule has 0 unspecified atom stereocenters. The number of furan rings is 1. The van der Waals surface area contributed by atoms with Crippen LogP contribution in [0.25, 0.3) is 0 Å². The van der Waals surface area contributed by atoms with Gasteiger partial charge in [0.05, 0.1) is 6.54 Å². The highest BCUT2D eigenvalue weighted by atomic mass is 79.9. The first-order valence-electron chi connectivity index (χ1n) is 6.32. The van der Waals surface area contributed by atoms with Crippen molar-refractivity contribution in [2.75, 3.05) is 19.4 Å². The van der Waals surface area contributed by atoms with Crippen LogP contribution in [0.2, 0.25) is 0 Å². The van der Waals surface area contributed by atoms with Crippen molar-refractivity contribution in [3.05, 3.63) is 46.1 Å². The number of hydrogen-bond donors (Lipinski definition) is 1. The summed E-state index contributed by atoms with van der Waals surface area (Å²) in [5.41, 5.74) is 2.05. The number of nitrogens with one attached hydrogen (secondary N) is 1. The third-order valence-corrected chi connectivity index (χ3v) is 5.76. The van der Waals surface area contributed by atoms with Gasteiger partial charge < -0.3 is 9.73 Å². The molecule has 0 radical (unpaired) electrons. The minimum absolute atomic E-state index is 0.0485. The van der Waals surface area contributed by atoms with Crippen LogP contribution in [0.5, 0.6) is 0 Å². The average Bonchev–Trinajstić information content (AvgIpc) is 2.90. The quantitative estimate of drug-likeness (QED) is 0.874. The predicted molar refractivity (Wildman–Crippen MR) is 85.8 cm³/mol. The zero-order valence-electron chi connectivity index (χ0n) is 12.1. The molecule has 0 saturated heterocycles. The van der Waals surface area contributed by atoms with Gasteiger partial charge in [-0.2, -0.15) is 0 Å². The molecule has 1 aromatic carbocycles. The summed E-state index contributed by atoms with van der Waals surface area (Å²) in [6, 6.07) is 9.03. The minimum Gasteiger partial charge on any atom is -0.446 e. The molecule has 1 heterocycles. The van der Waals surface area contributed by atoms with Crippen molar-refractivity contribution in [1.29, 1.82) is 0 Å². The summed E-state index contributed by atoms with van der Waals surface area (Å²) in [5, 5.41) is 3.17. The van der Waals surface area contributed by atoms with Gasteiger partial charge in [-0.1, -0.05) is 12.1 Å². The SMILES string of the molecule is Cc1cccc(NCc2ccc(S(=O)(=O)N(C)C)o2)c1Br. The van der Waals surface area contributed by atoms with Crippen LogP contribution in [-0.4, -0.2) is 26.8 Å². The summed E-state index contributed by atoms with van der Waals surface area (Å²) >= 11 is 3.51. The zero-order chi connectivity index (χ0) is 15.6. The van der Waals surface area contributed by atoms with E-state index in [2.05, 4.69) is 21.2 Å². The molecule has 5 nitrogen and oxygen atoms in total. The Morgan fingerprint density at radius 3 is 2.62 bits per heavy atom. The van der Waals surface area contributed by atoms with E-state index in [1.165, 1.54) is 20.2 Å². The van der Waals surface area contributed by atoms with Crippen molar-refractivity contribution >= 4 is 31.6 Å². The van der Waals surface area contributed by atoms with Crippen LogP contribution in [0.1, 0.15) is 11.3 Å². The number of benzene rings is 1. The molecule has 0 spiro atoms. The second-order valence-corrected chi connectivity index (χ2v) is 7.67. The summed E-state index contributed by atoms with van der Waals surface area (Å²) in [6.45, 7) is 2.41. The van der Waals surface area contributed by atoms with Crippen molar-refractivity contribution in [2.45, 2.75) is 18.6 Å². The molecule has 0 bridgehead atoms. The van der Waals surface area contributed by atoms with Gasteiger partial charge in [-0.25, -0.2) is 12.7 Å². The summed E-state index contributed by atoms with van der Waals surface area (Å²) in [5.74, 6) is 0.559. The highest BCUT2D eigenvalue weighted by Gasteiger charge is 2.21. The molecule has 0 amide bonds. The molecule has 0 aliphatic heterocycles. The van der Waals surface area contributed by atoms with Crippen LogP contribution >= 0.6 is 15.9 Å². The van der Waals surface area contributed by atoms with Gasteiger partial charge in [0.1, 0.15) is 5.76 Å². The third-order valence-electron chi connectivity index (χ3n) is 3.02. The maximum Gasteiger partial charge on any atom is 0.275 e. The smallest absolute Gasteiger partial charge is 0.275 e. The van der Waals surface area contributed by atoms with Gasteiger partial charge in [0, 0.05) is 24.3 Å². The molecular weight excluding hydrogens is 356 g/mol. The molecule has 0 fully saturated rings. The molecule has 1 N–H and O–H groups in total. The van der Waals surface area contributed by atoms with Gasteiger partial charge in [-0.05, 0) is 46.6 Å². The molecule has 0 atom stereocenters. The highest BCUT2D eigenvalue weighted by Crippen LogP contribution is 2.26. The third kappa shape index (κ3) is 3.48. The van der Waals surface area contributed by atoms with Crippen LogP contribution in [-0.2, 0) is 16.6 Å². The molecule has 0 aliphatic rings. The lowest BCUT2D eigenvalue weighted by Crippen LogP contribution is -2.21. The maximum absolute atomic E-state index is 11.9. The molecular formula is C14H17BrN2O3S. The standard InChI is InChI=1S/C14H17BrN2O3S/c1-10-5-4-6-12(14(10)15)16-9-11-7-8-13(20-11)21(18,19)17(2)3/h4-8,16H,9H2,1-3H3. The van der Waals surface area contributed by atoms with E-state index in [0.717, 1.165) is 20.0 Å². The van der Waals surface area contributed by atoms with Crippen molar-refractivity contribution in [1.82, 2.24) is 4.31 Å². The first kappa shape index (κ1) is 16.1. The highest BCUT2D eigenvalue weighted by molar-refractivity contribution is 9.10. The fraction of sp³-hybridized carbons (Fsp3) is 0.286. The van der Waals surface area contributed by atoms with Gasteiger partial charge >= 0.3 is 0 Å². The largest absolute Gasteiger partial charge is 0.446 e. The number of anilines is 1.